The first kappa shape index (κ1) is 9.22. The molecular weight excluding hydrogens is 226 g/mol. The van der Waals surface area contributed by atoms with Gasteiger partial charge in [-0.25, -0.2) is 0 Å². The van der Waals surface area contributed by atoms with Gasteiger partial charge >= 0.3 is 0 Å². The molecule has 1 aliphatic carbocycles. The molecule has 1 aromatic rings. The van der Waals surface area contributed by atoms with Gasteiger partial charge in [-0.1, -0.05) is 22.0 Å². The van der Waals surface area contributed by atoms with Crippen molar-refractivity contribution in [2.24, 2.45) is 5.73 Å². The lowest BCUT2D eigenvalue weighted by Gasteiger charge is -2.11. The maximum absolute atomic E-state index is 6.08. The molecule has 0 saturated heterocycles. The molecule has 0 heterocycles. The summed E-state index contributed by atoms with van der Waals surface area (Å²) in [4.78, 5) is 0. The van der Waals surface area contributed by atoms with Crippen molar-refractivity contribution in [2.45, 2.75) is 31.7 Å². The average Bonchev–Trinajstić information content (AvgIpc) is 2.76. The minimum atomic E-state index is 0.117. The van der Waals surface area contributed by atoms with Crippen molar-refractivity contribution < 1.29 is 0 Å². The first-order valence-electron chi connectivity index (χ1n) is 4.63. The van der Waals surface area contributed by atoms with Crippen LogP contribution in [0.25, 0.3) is 0 Å². The number of rotatable bonds is 2. The Morgan fingerprint density at radius 2 is 2.15 bits per heavy atom. The number of nitrogens with two attached hydrogens (primary N) is 1. The first-order chi connectivity index (χ1) is 6.09. The molecule has 1 aromatic carbocycles. The van der Waals surface area contributed by atoms with Crippen molar-refractivity contribution in [3.8, 4) is 0 Å². The SMILES string of the molecule is Cc1ccc(Br)cc1CC1(N)CC1. The van der Waals surface area contributed by atoms with Crippen LogP contribution in [0, 0.1) is 6.92 Å². The van der Waals surface area contributed by atoms with E-state index in [1.54, 1.807) is 0 Å². The minimum Gasteiger partial charge on any atom is -0.325 e. The Morgan fingerprint density at radius 3 is 2.77 bits per heavy atom. The van der Waals surface area contributed by atoms with Gasteiger partial charge in [0.25, 0.3) is 0 Å². The van der Waals surface area contributed by atoms with Crippen LogP contribution in [-0.2, 0) is 6.42 Å². The van der Waals surface area contributed by atoms with Crippen LogP contribution >= 0.6 is 15.9 Å². The van der Waals surface area contributed by atoms with E-state index in [9.17, 15) is 0 Å². The normalized spacial score (nSPS) is 18.7. The highest BCUT2D eigenvalue weighted by Gasteiger charge is 2.38. The van der Waals surface area contributed by atoms with Gasteiger partial charge in [0.1, 0.15) is 0 Å². The molecule has 0 aliphatic heterocycles. The fourth-order valence-electron chi connectivity index (χ4n) is 1.55. The third-order valence-corrected chi connectivity index (χ3v) is 3.24. The van der Waals surface area contributed by atoms with Gasteiger partial charge in [-0.15, -0.1) is 0 Å². The van der Waals surface area contributed by atoms with E-state index in [2.05, 4.69) is 41.1 Å². The van der Waals surface area contributed by atoms with Crippen molar-refractivity contribution in [1.29, 1.82) is 0 Å². The molecule has 13 heavy (non-hydrogen) atoms. The van der Waals surface area contributed by atoms with E-state index >= 15 is 0 Å². The standard InChI is InChI=1S/C11H14BrN/c1-8-2-3-10(12)6-9(8)7-11(13)4-5-11/h2-3,6H,4-5,7,13H2,1H3. The summed E-state index contributed by atoms with van der Waals surface area (Å²) in [5.41, 5.74) is 8.93. The molecule has 0 radical (unpaired) electrons. The number of benzene rings is 1. The molecule has 0 amide bonds. The molecule has 0 aromatic heterocycles. The zero-order valence-corrected chi connectivity index (χ0v) is 9.39. The summed E-state index contributed by atoms with van der Waals surface area (Å²) < 4.78 is 1.15. The van der Waals surface area contributed by atoms with E-state index < -0.39 is 0 Å². The van der Waals surface area contributed by atoms with Crippen molar-refractivity contribution >= 4 is 15.9 Å². The van der Waals surface area contributed by atoms with Crippen LogP contribution < -0.4 is 5.73 Å². The van der Waals surface area contributed by atoms with E-state index in [-0.39, 0.29) is 5.54 Å². The van der Waals surface area contributed by atoms with E-state index in [1.165, 1.54) is 24.0 Å². The Morgan fingerprint density at radius 1 is 1.46 bits per heavy atom. The molecule has 1 aliphatic rings. The molecule has 0 unspecified atom stereocenters. The summed E-state index contributed by atoms with van der Waals surface area (Å²) in [6.07, 6.45) is 3.39. The van der Waals surface area contributed by atoms with Gasteiger partial charge in [-0.05, 0) is 49.4 Å². The van der Waals surface area contributed by atoms with Gasteiger partial charge < -0.3 is 5.73 Å². The Bertz CT molecular complexity index is 329. The van der Waals surface area contributed by atoms with Crippen LogP contribution in [0.1, 0.15) is 24.0 Å². The van der Waals surface area contributed by atoms with Gasteiger partial charge in [0.2, 0.25) is 0 Å². The molecule has 2 heteroatoms. The van der Waals surface area contributed by atoms with E-state index in [4.69, 9.17) is 5.73 Å². The number of aryl methyl sites for hydroxylation is 1. The lowest BCUT2D eigenvalue weighted by atomic mass is 10.0. The van der Waals surface area contributed by atoms with Gasteiger partial charge in [0, 0.05) is 10.0 Å². The largest absolute Gasteiger partial charge is 0.325 e. The topological polar surface area (TPSA) is 26.0 Å². The summed E-state index contributed by atoms with van der Waals surface area (Å²) in [6.45, 7) is 2.15. The molecule has 1 nitrogen and oxygen atoms in total. The molecule has 70 valence electrons. The van der Waals surface area contributed by atoms with Crippen molar-refractivity contribution in [3.05, 3.63) is 33.8 Å². The van der Waals surface area contributed by atoms with Gasteiger partial charge in [-0.3, -0.25) is 0 Å². The Balaban J connectivity index is 2.23. The van der Waals surface area contributed by atoms with Crippen molar-refractivity contribution in [3.63, 3.8) is 0 Å². The minimum absolute atomic E-state index is 0.117. The zero-order valence-electron chi connectivity index (χ0n) is 7.81. The van der Waals surface area contributed by atoms with Crippen molar-refractivity contribution in [1.82, 2.24) is 0 Å². The summed E-state index contributed by atoms with van der Waals surface area (Å²) in [6, 6.07) is 6.41. The number of hydrogen-bond acceptors (Lipinski definition) is 1. The Hall–Kier alpha value is -0.340. The highest BCUT2D eigenvalue weighted by molar-refractivity contribution is 9.10. The Kier molecular flexibility index (Phi) is 2.20. The quantitative estimate of drug-likeness (QED) is 0.845. The zero-order chi connectivity index (χ0) is 9.47. The first-order valence-corrected chi connectivity index (χ1v) is 5.42. The van der Waals surface area contributed by atoms with Crippen LogP contribution in [0.15, 0.2) is 22.7 Å². The van der Waals surface area contributed by atoms with E-state index in [1.807, 2.05) is 0 Å². The van der Waals surface area contributed by atoms with E-state index in [0.717, 1.165) is 10.9 Å². The summed E-state index contributed by atoms with van der Waals surface area (Å²) in [5, 5.41) is 0. The number of halogens is 1. The average molecular weight is 240 g/mol. The van der Waals surface area contributed by atoms with Crippen LogP contribution in [-0.4, -0.2) is 5.54 Å². The van der Waals surface area contributed by atoms with Gasteiger partial charge in [0.05, 0.1) is 0 Å². The van der Waals surface area contributed by atoms with Gasteiger partial charge in [-0.2, -0.15) is 0 Å². The second-order valence-corrected chi connectivity index (χ2v) is 5.03. The van der Waals surface area contributed by atoms with Crippen LogP contribution in [0.2, 0.25) is 0 Å². The molecule has 0 spiro atoms. The summed E-state index contributed by atoms with van der Waals surface area (Å²) in [5.74, 6) is 0. The maximum Gasteiger partial charge on any atom is 0.0196 e. The van der Waals surface area contributed by atoms with Crippen LogP contribution in [0.5, 0.6) is 0 Å². The molecule has 1 fully saturated rings. The monoisotopic (exact) mass is 239 g/mol. The smallest absolute Gasteiger partial charge is 0.0196 e. The summed E-state index contributed by atoms with van der Waals surface area (Å²) in [7, 11) is 0. The lowest BCUT2D eigenvalue weighted by Crippen LogP contribution is -2.24. The molecule has 0 bridgehead atoms. The Labute approximate surface area is 87.5 Å². The predicted octanol–water partition coefficient (Wildman–Crippen LogP) is 2.79. The molecule has 0 atom stereocenters. The lowest BCUT2D eigenvalue weighted by molar-refractivity contribution is 0.669. The second kappa shape index (κ2) is 3.10. The fraction of sp³-hybridized carbons (Fsp3) is 0.455. The third kappa shape index (κ3) is 2.12. The van der Waals surface area contributed by atoms with Crippen molar-refractivity contribution in [2.75, 3.05) is 0 Å². The molecule has 2 rings (SSSR count). The van der Waals surface area contributed by atoms with E-state index in [0.29, 0.717) is 0 Å². The molecule has 1 saturated carbocycles. The summed E-state index contributed by atoms with van der Waals surface area (Å²) >= 11 is 3.48. The molecule has 2 N–H and O–H groups in total. The van der Waals surface area contributed by atoms with Gasteiger partial charge in [0.15, 0.2) is 0 Å². The predicted molar refractivity (Wildman–Crippen MR) is 58.7 cm³/mol. The highest BCUT2D eigenvalue weighted by atomic mass is 79.9. The highest BCUT2D eigenvalue weighted by Crippen LogP contribution is 2.36. The number of hydrogen-bond donors (Lipinski definition) is 1. The fourth-order valence-corrected chi connectivity index (χ4v) is 1.96. The molecular formula is C11H14BrN. The van der Waals surface area contributed by atoms with Crippen LogP contribution in [0.4, 0.5) is 0 Å². The second-order valence-electron chi connectivity index (χ2n) is 4.11. The maximum atomic E-state index is 6.08. The third-order valence-electron chi connectivity index (χ3n) is 2.75. The van der Waals surface area contributed by atoms with Crippen LogP contribution in [0.3, 0.4) is 0 Å².